The molecule has 4 aliphatic carbocycles. The molecule has 0 aromatic carbocycles. The third kappa shape index (κ3) is 3.62. The maximum Gasteiger partial charge on any atom is 0.302 e. The van der Waals surface area contributed by atoms with Crippen molar-refractivity contribution in [3.05, 3.63) is 0 Å². The van der Waals surface area contributed by atoms with Gasteiger partial charge in [-0.25, -0.2) is 0 Å². The normalized spacial score (nSPS) is 53.6. The lowest BCUT2D eigenvalue weighted by molar-refractivity contribution is -0.258. The number of aliphatic hydroxyl groups is 1. The van der Waals surface area contributed by atoms with Gasteiger partial charge in [-0.2, -0.15) is 0 Å². The van der Waals surface area contributed by atoms with Crippen molar-refractivity contribution in [1.82, 2.24) is 0 Å². The van der Waals surface area contributed by atoms with E-state index in [9.17, 15) is 9.90 Å². The van der Waals surface area contributed by atoms with Crippen LogP contribution in [0.15, 0.2) is 0 Å². The van der Waals surface area contributed by atoms with Gasteiger partial charge in [0.15, 0.2) is 0 Å². The highest BCUT2D eigenvalue weighted by Gasteiger charge is 2.72. The summed E-state index contributed by atoms with van der Waals surface area (Å²) < 4.78 is 12.8. The first-order valence-corrected chi connectivity index (χ1v) is 15.1. The monoisotopic (exact) mass is 502 g/mol. The van der Waals surface area contributed by atoms with E-state index in [4.69, 9.17) is 9.47 Å². The first kappa shape index (κ1) is 27.0. The van der Waals surface area contributed by atoms with Gasteiger partial charge in [-0.15, -0.1) is 0 Å². The van der Waals surface area contributed by atoms with Gasteiger partial charge in [-0.1, -0.05) is 34.6 Å². The van der Waals surface area contributed by atoms with E-state index in [1.54, 1.807) is 6.92 Å². The molecule has 206 valence electrons. The molecule has 4 heteroatoms. The minimum absolute atomic E-state index is 0.00287. The third-order valence-electron chi connectivity index (χ3n) is 13.4. The van der Waals surface area contributed by atoms with E-state index in [0.29, 0.717) is 23.7 Å². The van der Waals surface area contributed by atoms with Crippen molar-refractivity contribution in [3.63, 3.8) is 0 Å². The first-order valence-electron chi connectivity index (χ1n) is 15.1. The molecule has 3 unspecified atom stereocenters. The summed E-state index contributed by atoms with van der Waals surface area (Å²) in [4.78, 5) is 11.9. The van der Waals surface area contributed by atoms with Crippen LogP contribution in [0, 0.1) is 45.3 Å². The number of aliphatic hydroxyl groups excluding tert-OH is 1. The van der Waals surface area contributed by atoms with Gasteiger partial charge in [-0.3, -0.25) is 4.79 Å². The first-order chi connectivity index (χ1) is 16.5. The maximum atomic E-state index is 12.0. The minimum atomic E-state index is -0.268. The fraction of sp³-hybridized carbons (Fsp3) is 0.969. The van der Waals surface area contributed by atoms with Crippen LogP contribution in [0.2, 0.25) is 0 Å². The molecular weight excluding hydrogens is 448 g/mol. The molecule has 1 aliphatic heterocycles. The van der Waals surface area contributed by atoms with Crippen molar-refractivity contribution in [1.29, 1.82) is 0 Å². The van der Waals surface area contributed by atoms with Gasteiger partial charge in [0.1, 0.15) is 6.10 Å². The fourth-order valence-corrected chi connectivity index (χ4v) is 11.7. The number of carbonyl (C=O) groups excluding carboxylic acids is 1. The van der Waals surface area contributed by atoms with E-state index in [1.807, 2.05) is 0 Å². The minimum Gasteiger partial charge on any atom is -0.462 e. The van der Waals surface area contributed by atoms with Crippen molar-refractivity contribution in [2.45, 2.75) is 150 Å². The molecule has 10 atom stereocenters. The Morgan fingerprint density at radius 3 is 2.14 bits per heavy atom. The van der Waals surface area contributed by atoms with Gasteiger partial charge in [0.25, 0.3) is 0 Å². The van der Waals surface area contributed by atoms with Crippen molar-refractivity contribution >= 4 is 5.97 Å². The van der Waals surface area contributed by atoms with Crippen molar-refractivity contribution in [2.75, 3.05) is 0 Å². The van der Waals surface area contributed by atoms with Crippen LogP contribution in [-0.4, -0.2) is 34.5 Å². The van der Waals surface area contributed by atoms with E-state index in [0.717, 1.165) is 32.1 Å². The van der Waals surface area contributed by atoms with Gasteiger partial charge in [-0.05, 0) is 125 Å². The van der Waals surface area contributed by atoms with Crippen LogP contribution in [0.25, 0.3) is 0 Å². The zero-order valence-corrected chi connectivity index (χ0v) is 24.7. The van der Waals surface area contributed by atoms with Crippen LogP contribution in [-0.2, 0) is 14.3 Å². The molecule has 4 saturated carbocycles. The molecule has 1 N–H and O–H groups in total. The summed E-state index contributed by atoms with van der Waals surface area (Å²) in [7, 11) is 0. The van der Waals surface area contributed by atoms with Crippen molar-refractivity contribution in [3.8, 4) is 0 Å². The van der Waals surface area contributed by atoms with Crippen molar-refractivity contribution < 1.29 is 19.4 Å². The van der Waals surface area contributed by atoms with Crippen LogP contribution in [0.1, 0.15) is 127 Å². The van der Waals surface area contributed by atoms with Crippen LogP contribution in [0.5, 0.6) is 0 Å². The predicted octanol–water partition coefficient (Wildman–Crippen LogP) is 7.31. The van der Waals surface area contributed by atoms with E-state index in [2.05, 4.69) is 55.4 Å². The standard InChI is InChI=1S/C32H54O4/c1-20(33)35-25-13-16-29(6)23(28(25,4)5)12-18-30(7)24(29)19-22(34)26-21(11-17-31(26,30)8)32(9)15-10-14-27(2,3)36-32/h21-26,34H,10-19H2,1-9H3/t21?,22?,23-,24+,25-,26-,29-,30+,31+,32?/m0/s1. The molecular formula is C32H54O4. The Morgan fingerprint density at radius 2 is 1.50 bits per heavy atom. The van der Waals surface area contributed by atoms with Gasteiger partial charge >= 0.3 is 5.97 Å². The Labute approximate surface area is 220 Å². The quantitative estimate of drug-likeness (QED) is 0.402. The molecule has 4 nitrogen and oxygen atoms in total. The lowest BCUT2D eigenvalue weighted by Crippen LogP contribution is -2.67. The van der Waals surface area contributed by atoms with Crippen molar-refractivity contribution in [2.24, 2.45) is 45.3 Å². The van der Waals surface area contributed by atoms with E-state index < -0.39 is 0 Å². The average molecular weight is 503 g/mol. The molecule has 36 heavy (non-hydrogen) atoms. The van der Waals surface area contributed by atoms with E-state index in [-0.39, 0.29) is 51.0 Å². The van der Waals surface area contributed by atoms with Crippen LogP contribution in [0.4, 0.5) is 0 Å². The Balaban J connectivity index is 1.48. The highest BCUT2D eigenvalue weighted by molar-refractivity contribution is 5.66. The number of rotatable bonds is 2. The summed E-state index contributed by atoms with van der Waals surface area (Å²) >= 11 is 0. The second-order valence-corrected chi connectivity index (χ2v) is 15.9. The summed E-state index contributed by atoms with van der Waals surface area (Å²) in [6, 6.07) is 0. The average Bonchev–Trinajstić information content (AvgIpc) is 3.12. The van der Waals surface area contributed by atoms with Gasteiger partial charge in [0.05, 0.1) is 17.3 Å². The summed E-state index contributed by atoms with van der Waals surface area (Å²) in [5, 5.41) is 12.0. The fourth-order valence-electron chi connectivity index (χ4n) is 11.7. The second kappa shape index (κ2) is 8.20. The number of esters is 1. The molecule has 5 fully saturated rings. The smallest absolute Gasteiger partial charge is 0.302 e. The lowest BCUT2D eigenvalue weighted by Gasteiger charge is -2.70. The predicted molar refractivity (Wildman–Crippen MR) is 143 cm³/mol. The number of carbonyl (C=O) groups is 1. The number of hydrogen-bond donors (Lipinski definition) is 1. The Hall–Kier alpha value is -0.610. The van der Waals surface area contributed by atoms with Gasteiger partial charge in [0.2, 0.25) is 0 Å². The molecule has 5 aliphatic rings. The molecule has 0 bridgehead atoms. The SMILES string of the molecule is CC(=O)O[C@H]1CC[C@]2(C)[C@H]3CC(O)[C@@H]4C(C5(C)CCCC(C)(C)O5)CC[C@@]4(C)[C@]3(C)CC[C@H]2C1(C)C. The second-order valence-electron chi connectivity index (χ2n) is 15.9. The summed E-state index contributed by atoms with van der Waals surface area (Å²) in [5.41, 5.74) is 0.235. The van der Waals surface area contributed by atoms with Crippen LogP contribution >= 0.6 is 0 Å². The van der Waals surface area contributed by atoms with Gasteiger partial charge in [0, 0.05) is 12.3 Å². The number of hydrogen-bond acceptors (Lipinski definition) is 4. The highest BCUT2D eigenvalue weighted by atomic mass is 16.5. The molecule has 0 amide bonds. The lowest BCUT2D eigenvalue weighted by atomic mass is 9.35. The zero-order valence-electron chi connectivity index (χ0n) is 24.7. The Kier molecular flexibility index (Phi) is 6.14. The molecule has 0 aromatic heterocycles. The molecule has 1 saturated heterocycles. The van der Waals surface area contributed by atoms with Crippen LogP contribution in [0.3, 0.4) is 0 Å². The Bertz CT molecular complexity index is 895. The largest absolute Gasteiger partial charge is 0.462 e. The summed E-state index contributed by atoms with van der Waals surface area (Å²) in [6.45, 7) is 20.8. The number of fused-ring (bicyclic) bond motifs is 5. The highest BCUT2D eigenvalue weighted by Crippen LogP contribution is 2.76. The summed E-state index contributed by atoms with van der Waals surface area (Å²) in [5.74, 6) is 1.58. The molecule has 5 rings (SSSR count). The van der Waals surface area contributed by atoms with Gasteiger partial charge < -0.3 is 14.6 Å². The molecule has 0 aromatic rings. The van der Waals surface area contributed by atoms with E-state index >= 15 is 0 Å². The zero-order chi connectivity index (χ0) is 26.5. The van der Waals surface area contributed by atoms with Crippen LogP contribution < -0.4 is 0 Å². The molecule has 0 spiro atoms. The summed E-state index contributed by atoms with van der Waals surface area (Å²) in [6.07, 6.45) is 10.9. The maximum absolute atomic E-state index is 12.0. The Morgan fingerprint density at radius 1 is 0.833 bits per heavy atom. The third-order valence-corrected chi connectivity index (χ3v) is 13.4. The molecule has 1 heterocycles. The number of ether oxygens (including phenoxy) is 2. The molecule has 0 radical (unpaired) electrons. The topological polar surface area (TPSA) is 55.8 Å². The van der Waals surface area contributed by atoms with E-state index in [1.165, 1.54) is 32.1 Å².